The van der Waals surface area contributed by atoms with Crippen LogP contribution in [0.2, 0.25) is 0 Å². The molecule has 0 aromatic carbocycles. The van der Waals surface area contributed by atoms with Crippen LogP contribution in [0.5, 0.6) is 0 Å². The van der Waals surface area contributed by atoms with Crippen LogP contribution in [0, 0.1) is 13.8 Å². The van der Waals surface area contributed by atoms with Crippen molar-refractivity contribution in [2.24, 2.45) is 0 Å². The fourth-order valence-electron chi connectivity index (χ4n) is 1.35. The summed E-state index contributed by atoms with van der Waals surface area (Å²) in [5.74, 6) is -0.741. The molecule has 0 aliphatic rings. The minimum absolute atomic E-state index is 0.119. The molecule has 0 aliphatic heterocycles. The number of hydrogen-bond donors (Lipinski definition) is 1. The molecule has 0 bridgehead atoms. The van der Waals surface area contributed by atoms with Gasteiger partial charge >= 0.3 is 5.97 Å². The zero-order chi connectivity index (χ0) is 11.7. The van der Waals surface area contributed by atoms with Crippen molar-refractivity contribution < 1.29 is 9.90 Å². The number of carboxylic acid groups (broad SMARTS) is 1. The number of carboxylic acids is 1. The van der Waals surface area contributed by atoms with E-state index in [1.165, 1.54) is 10.9 Å². The molecule has 6 heteroatoms. The summed E-state index contributed by atoms with van der Waals surface area (Å²) in [6, 6.07) is 1.58. The molecule has 6 nitrogen and oxygen atoms in total. The van der Waals surface area contributed by atoms with E-state index in [1.54, 1.807) is 12.3 Å². The molecule has 0 amide bonds. The van der Waals surface area contributed by atoms with Crippen LogP contribution >= 0.6 is 0 Å². The maximum absolute atomic E-state index is 11.1. The Hall–Kier alpha value is -2.24. The van der Waals surface area contributed by atoms with Crippen molar-refractivity contribution in [3.8, 4) is 5.82 Å². The summed E-state index contributed by atoms with van der Waals surface area (Å²) in [6.07, 6.45) is 3.03. The minimum Gasteiger partial charge on any atom is -0.478 e. The summed E-state index contributed by atoms with van der Waals surface area (Å²) < 4.78 is 1.34. The summed E-state index contributed by atoms with van der Waals surface area (Å²) >= 11 is 0. The Morgan fingerprint density at radius 2 is 2.19 bits per heavy atom. The van der Waals surface area contributed by atoms with Gasteiger partial charge in [-0.05, 0) is 25.5 Å². The Morgan fingerprint density at radius 3 is 2.75 bits per heavy atom. The fourth-order valence-corrected chi connectivity index (χ4v) is 1.35. The molecule has 0 aliphatic carbocycles. The van der Waals surface area contributed by atoms with Gasteiger partial charge in [0.1, 0.15) is 5.56 Å². The van der Waals surface area contributed by atoms with Gasteiger partial charge in [0.05, 0.1) is 12.4 Å². The van der Waals surface area contributed by atoms with E-state index in [1.807, 2.05) is 13.8 Å². The molecule has 2 rings (SSSR count). The number of aromatic carboxylic acids is 1. The smallest absolute Gasteiger partial charge is 0.339 e. The predicted molar refractivity (Wildman–Crippen MR) is 55.6 cm³/mol. The van der Waals surface area contributed by atoms with Crippen LogP contribution in [-0.4, -0.2) is 31.1 Å². The number of hydrogen-bond acceptors (Lipinski definition) is 4. The van der Waals surface area contributed by atoms with Crippen LogP contribution in [0.25, 0.3) is 5.82 Å². The van der Waals surface area contributed by atoms with Gasteiger partial charge in [0, 0.05) is 5.69 Å². The molecule has 0 saturated carbocycles. The van der Waals surface area contributed by atoms with E-state index in [2.05, 4.69) is 15.3 Å². The van der Waals surface area contributed by atoms with Gasteiger partial charge in [-0.3, -0.25) is 0 Å². The van der Waals surface area contributed by atoms with Crippen molar-refractivity contribution in [2.45, 2.75) is 13.8 Å². The van der Waals surface area contributed by atoms with Gasteiger partial charge in [-0.1, -0.05) is 5.21 Å². The third kappa shape index (κ3) is 1.65. The molecule has 2 aromatic rings. The summed E-state index contributed by atoms with van der Waals surface area (Å²) in [6.45, 7) is 3.64. The van der Waals surface area contributed by atoms with Crippen LogP contribution in [0.3, 0.4) is 0 Å². The van der Waals surface area contributed by atoms with Gasteiger partial charge < -0.3 is 5.11 Å². The molecule has 82 valence electrons. The highest BCUT2D eigenvalue weighted by Gasteiger charge is 2.15. The minimum atomic E-state index is -1.03. The van der Waals surface area contributed by atoms with Gasteiger partial charge in [0.2, 0.25) is 0 Å². The van der Waals surface area contributed by atoms with E-state index >= 15 is 0 Å². The van der Waals surface area contributed by atoms with E-state index in [4.69, 9.17) is 5.11 Å². The number of aromatic nitrogens is 4. The SMILES string of the molecule is Cc1cc(C(=O)O)c(-n2ccnn2)nc1C. The van der Waals surface area contributed by atoms with Crippen molar-refractivity contribution >= 4 is 5.97 Å². The monoisotopic (exact) mass is 218 g/mol. The average molecular weight is 218 g/mol. The van der Waals surface area contributed by atoms with E-state index < -0.39 is 5.97 Å². The van der Waals surface area contributed by atoms with Crippen LogP contribution in [0.1, 0.15) is 21.6 Å². The van der Waals surface area contributed by atoms with Crippen molar-refractivity contribution in [3.05, 3.63) is 35.3 Å². The standard InChI is InChI=1S/C10H10N4O2/c1-6-5-8(10(15)16)9(12-7(6)2)14-4-3-11-13-14/h3-5H,1-2H3,(H,15,16). The second-order valence-electron chi connectivity index (χ2n) is 3.41. The highest BCUT2D eigenvalue weighted by molar-refractivity contribution is 5.91. The van der Waals surface area contributed by atoms with Crippen molar-refractivity contribution in [2.75, 3.05) is 0 Å². The van der Waals surface area contributed by atoms with Crippen LogP contribution in [0.4, 0.5) is 0 Å². The Bertz CT molecular complexity index is 534. The lowest BCUT2D eigenvalue weighted by Crippen LogP contribution is -2.10. The molecule has 0 radical (unpaired) electrons. The maximum atomic E-state index is 11.1. The number of carbonyl (C=O) groups is 1. The first-order chi connectivity index (χ1) is 7.59. The molecule has 1 N–H and O–H groups in total. The van der Waals surface area contributed by atoms with Crippen LogP contribution in [0.15, 0.2) is 18.5 Å². The van der Waals surface area contributed by atoms with Crippen molar-refractivity contribution in [1.82, 2.24) is 20.0 Å². The molecule has 0 spiro atoms. The van der Waals surface area contributed by atoms with Gasteiger partial charge in [0.15, 0.2) is 5.82 Å². The normalized spacial score (nSPS) is 10.4. The molecular formula is C10H10N4O2. The van der Waals surface area contributed by atoms with Gasteiger partial charge in [-0.15, -0.1) is 5.10 Å². The highest BCUT2D eigenvalue weighted by atomic mass is 16.4. The Labute approximate surface area is 91.6 Å². The van der Waals surface area contributed by atoms with E-state index in [0.717, 1.165) is 11.3 Å². The summed E-state index contributed by atoms with van der Waals surface area (Å²) in [4.78, 5) is 15.3. The summed E-state index contributed by atoms with van der Waals surface area (Å²) in [7, 11) is 0. The highest BCUT2D eigenvalue weighted by Crippen LogP contribution is 2.15. The lowest BCUT2D eigenvalue weighted by molar-refractivity contribution is 0.0696. The molecule has 0 atom stereocenters. The quantitative estimate of drug-likeness (QED) is 0.812. The average Bonchev–Trinajstić information content (AvgIpc) is 2.74. The van der Waals surface area contributed by atoms with Crippen molar-refractivity contribution in [1.29, 1.82) is 0 Å². The third-order valence-electron chi connectivity index (χ3n) is 2.32. The zero-order valence-corrected chi connectivity index (χ0v) is 8.88. The van der Waals surface area contributed by atoms with Crippen LogP contribution in [-0.2, 0) is 0 Å². The lowest BCUT2D eigenvalue weighted by Gasteiger charge is -2.07. The fraction of sp³-hybridized carbons (Fsp3) is 0.200. The molecule has 0 unspecified atom stereocenters. The first kappa shape index (κ1) is 10.3. The van der Waals surface area contributed by atoms with Gasteiger partial charge in [-0.2, -0.15) is 0 Å². The van der Waals surface area contributed by atoms with E-state index in [-0.39, 0.29) is 11.4 Å². The number of rotatable bonds is 2. The zero-order valence-electron chi connectivity index (χ0n) is 8.88. The molecule has 2 aromatic heterocycles. The topological polar surface area (TPSA) is 80.9 Å². The molecule has 16 heavy (non-hydrogen) atoms. The molecular weight excluding hydrogens is 208 g/mol. The third-order valence-corrected chi connectivity index (χ3v) is 2.32. The van der Waals surface area contributed by atoms with Crippen molar-refractivity contribution in [3.63, 3.8) is 0 Å². The molecule has 0 saturated heterocycles. The number of pyridine rings is 1. The first-order valence-corrected chi connectivity index (χ1v) is 4.68. The maximum Gasteiger partial charge on any atom is 0.339 e. The summed E-state index contributed by atoms with van der Waals surface area (Å²) in [5.41, 5.74) is 1.73. The Morgan fingerprint density at radius 1 is 1.44 bits per heavy atom. The Balaban J connectivity index is 2.68. The molecule has 2 heterocycles. The van der Waals surface area contributed by atoms with Crippen LogP contribution < -0.4 is 0 Å². The summed E-state index contributed by atoms with van der Waals surface area (Å²) in [5, 5.41) is 16.5. The van der Waals surface area contributed by atoms with E-state index in [9.17, 15) is 4.79 Å². The molecule has 0 fully saturated rings. The predicted octanol–water partition coefficient (Wildman–Crippen LogP) is 0.977. The Kier molecular flexibility index (Phi) is 2.40. The van der Waals surface area contributed by atoms with Gasteiger partial charge in [-0.25, -0.2) is 14.5 Å². The van der Waals surface area contributed by atoms with Gasteiger partial charge in [0.25, 0.3) is 0 Å². The number of aryl methyl sites for hydroxylation is 2. The number of nitrogens with zero attached hydrogens (tertiary/aromatic N) is 4. The second-order valence-corrected chi connectivity index (χ2v) is 3.41. The lowest BCUT2D eigenvalue weighted by atomic mass is 10.1. The largest absolute Gasteiger partial charge is 0.478 e. The second kappa shape index (κ2) is 3.73. The van der Waals surface area contributed by atoms with E-state index in [0.29, 0.717) is 0 Å². The first-order valence-electron chi connectivity index (χ1n) is 4.68.